The van der Waals surface area contributed by atoms with Crippen LogP contribution in [0, 0.1) is 18.6 Å². The number of benzene rings is 2. The van der Waals surface area contributed by atoms with Crippen LogP contribution in [0.5, 0.6) is 0 Å². The van der Waals surface area contributed by atoms with Gasteiger partial charge in [-0.1, -0.05) is 28.1 Å². The monoisotopic (exact) mass is 356 g/mol. The normalized spacial score (nSPS) is 10.4. The standard InChI is InChI=1S/C14H11BrF2N2S/c1-7-2-9(15)6-10(3-7)19-13-11(16)4-8(14(18)20)5-12(13)17/h2-6,19H,1H3,(H2,18,20). The molecule has 104 valence electrons. The first-order chi connectivity index (χ1) is 9.36. The quantitative estimate of drug-likeness (QED) is 0.799. The fourth-order valence-corrected chi connectivity index (χ4v) is 2.51. The molecule has 0 aliphatic carbocycles. The van der Waals surface area contributed by atoms with Crippen molar-refractivity contribution < 1.29 is 8.78 Å². The summed E-state index contributed by atoms with van der Waals surface area (Å²) < 4.78 is 28.7. The maximum Gasteiger partial charge on any atom is 0.150 e. The fraction of sp³-hybridized carbons (Fsp3) is 0.0714. The molecule has 0 amide bonds. The molecule has 0 atom stereocenters. The van der Waals surface area contributed by atoms with Crippen LogP contribution in [-0.2, 0) is 0 Å². The van der Waals surface area contributed by atoms with E-state index in [0.717, 1.165) is 22.2 Å². The zero-order valence-electron chi connectivity index (χ0n) is 10.5. The molecule has 0 saturated heterocycles. The molecule has 2 aromatic rings. The lowest BCUT2D eigenvalue weighted by atomic mass is 10.1. The molecule has 0 saturated carbocycles. The van der Waals surface area contributed by atoms with Crippen molar-refractivity contribution in [3.63, 3.8) is 0 Å². The van der Waals surface area contributed by atoms with Crippen LogP contribution in [-0.4, -0.2) is 4.99 Å². The van der Waals surface area contributed by atoms with Gasteiger partial charge in [0.15, 0.2) is 0 Å². The van der Waals surface area contributed by atoms with Crippen LogP contribution < -0.4 is 11.1 Å². The molecule has 0 fully saturated rings. The van der Waals surface area contributed by atoms with Crippen molar-refractivity contribution in [2.24, 2.45) is 5.73 Å². The van der Waals surface area contributed by atoms with E-state index < -0.39 is 11.6 Å². The topological polar surface area (TPSA) is 38.0 Å². The summed E-state index contributed by atoms with van der Waals surface area (Å²) in [6.45, 7) is 1.89. The third-order valence-corrected chi connectivity index (χ3v) is 3.33. The Morgan fingerprint density at radius 2 is 1.75 bits per heavy atom. The van der Waals surface area contributed by atoms with Crippen molar-refractivity contribution in [3.8, 4) is 0 Å². The molecule has 0 heterocycles. The number of nitrogens with two attached hydrogens (primary N) is 1. The van der Waals surface area contributed by atoms with Gasteiger partial charge in [-0.15, -0.1) is 0 Å². The van der Waals surface area contributed by atoms with Crippen LogP contribution in [0.2, 0.25) is 0 Å². The van der Waals surface area contributed by atoms with E-state index in [1.165, 1.54) is 0 Å². The minimum Gasteiger partial charge on any atom is -0.389 e. The second-order valence-corrected chi connectivity index (χ2v) is 5.68. The summed E-state index contributed by atoms with van der Waals surface area (Å²) in [6.07, 6.45) is 0. The number of nitrogens with one attached hydrogen (secondary N) is 1. The van der Waals surface area contributed by atoms with Gasteiger partial charge in [0.25, 0.3) is 0 Å². The van der Waals surface area contributed by atoms with Crippen LogP contribution in [0.1, 0.15) is 11.1 Å². The molecule has 0 aliphatic heterocycles. The highest BCUT2D eigenvalue weighted by Crippen LogP contribution is 2.27. The zero-order valence-corrected chi connectivity index (χ0v) is 12.9. The first kappa shape index (κ1) is 14.9. The molecular formula is C14H11BrF2N2S. The molecule has 20 heavy (non-hydrogen) atoms. The second-order valence-electron chi connectivity index (χ2n) is 4.32. The van der Waals surface area contributed by atoms with Gasteiger partial charge in [-0.3, -0.25) is 0 Å². The van der Waals surface area contributed by atoms with Gasteiger partial charge in [0.2, 0.25) is 0 Å². The molecule has 0 radical (unpaired) electrons. The molecule has 3 N–H and O–H groups in total. The van der Waals surface area contributed by atoms with Crippen molar-refractivity contribution in [1.82, 2.24) is 0 Å². The molecule has 2 rings (SSSR count). The number of aryl methyl sites for hydroxylation is 1. The molecule has 6 heteroatoms. The van der Waals surface area contributed by atoms with Gasteiger partial charge in [0.1, 0.15) is 22.3 Å². The lowest BCUT2D eigenvalue weighted by Gasteiger charge is -2.11. The van der Waals surface area contributed by atoms with Crippen LogP contribution in [0.15, 0.2) is 34.8 Å². The first-order valence-electron chi connectivity index (χ1n) is 5.70. The Labute approximate surface area is 129 Å². The highest BCUT2D eigenvalue weighted by molar-refractivity contribution is 9.10. The predicted molar refractivity (Wildman–Crippen MR) is 84.4 cm³/mol. The molecule has 0 aromatic heterocycles. The minimum absolute atomic E-state index is 0.0485. The smallest absolute Gasteiger partial charge is 0.150 e. The van der Waals surface area contributed by atoms with Crippen molar-refractivity contribution in [2.75, 3.05) is 5.32 Å². The molecule has 0 aliphatic rings. The van der Waals surface area contributed by atoms with Gasteiger partial charge < -0.3 is 11.1 Å². The number of rotatable bonds is 3. The van der Waals surface area contributed by atoms with Gasteiger partial charge in [0, 0.05) is 15.7 Å². The molecular weight excluding hydrogens is 346 g/mol. The van der Waals surface area contributed by atoms with Gasteiger partial charge in [0.05, 0.1) is 0 Å². The third-order valence-electron chi connectivity index (χ3n) is 2.64. The SMILES string of the molecule is Cc1cc(Br)cc(Nc2c(F)cc(C(N)=S)cc2F)c1. The first-order valence-corrected chi connectivity index (χ1v) is 6.90. The maximum absolute atomic E-state index is 13.9. The van der Waals surface area contributed by atoms with E-state index in [9.17, 15) is 8.78 Å². The number of halogens is 3. The van der Waals surface area contributed by atoms with E-state index in [1.54, 1.807) is 12.1 Å². The summed E-state index contributed by atoms with van der Waals surface area (Å²) in [4.78, 5) is -0.0485. The Morgan fingerprint density at radius 3 is 2.25 bits per heavy atom. The molecule has 0 spiro atoms. The molecule has 2 nitrogen and oxygen atoms in total. The van der Waals surface area contributed by atoms with E-state index in [0.29, 0.717) is 5.69 Å². The lowest BCUT2D eigenvalue weighted by molar-refractivity contribution is 0.590. The van der Waals surface area contributed by atoms with Crippen LogP contribution >= 0.6 is 28.1 Å². The average molecular weight is 357 g/mol. The van der Waals surface area contributed by atoms with E-state index in [-0.39, 0.29) is 16.2 Å². The van der Waals surface area contributed by atoms with Gasteiger partial charge in [-0.2, -0.15) is 0 Å². The van der Waals surface area contributed by atoms with Gasteiger partial charge in [-0.25, -0.2) is 8.78 Å². The average Bonchev–Trinajstić information content (AvgIpc) is 2.32. The summed E-state index contributed by atoms with van der Waals surface area (Å²) in [6, 6.07) is 7.63. The van der Waals surface area contributed by atoms with Crippen molar-refractivity contribution >= 4 is 44.5 Å². The Hall–Kier alpha value is -1.53. The molecule has 2 aromatic carbocycles. The predicted octanol–water partition coefficient (Wildman–Crippen LogP) is 4.41. The van der Waals surface area contributed by atoms with Crippen molar-refractivity contribution in [3.05, 3.63) is 57.6 Å². The highest BCUT2D eigenvalue weighted by atomic mass is 79.9. The number of hydrogen-bond acceptors (Lipinski definition) is 2. The van der Waals surface area contributed by atoms with E-state index in [1.807, 2.05) is 13.0 Å². The Morgan fingerprint density at radius 1 is 1.15 bits per heavy atom. The van der Waals surface area contributed by atoms with E-state index in [4.69, 9.17) is 18.0 Å². The van der Waals surface area contributed by atoms with Gasteiger partial charge in [-0.05, 0) is 42.8 Å². The largest absolute Gasteiger partial charge is 0.389 e. The summed E-state index contributed by atoms with van der Waals surface area (Å²) in [5.41, 5.74) is 6.83. The minimum atomic E-state index is -0.745. The summed E-state index contributed by atoms with van der Waals surface area (Å²) in [7, 11) is 0. The Balaban J connectivity index is 2.41. The van der Waals surface area contributed by atoms with Crippen LogP contribution in [0.3, 0.4) is 0 Å². The Kier molecular flexibility index (Phi) is 4.35. The summed E-state index contributed by atoms with van der Waals surface area (Å²) in [5, 5.41) is 2.72. The van der Waals surface area contributed by atoms with E-state index >= 15 is 0 Å². The van der Waals surface area contributed by atoms with Gasteiger partial charge >= 0.3 is 0 Å². The summed E-state index contributed by atoms with van der Waals surface area (Å²) >= 11 is 8.04. The zero-order chi connectivity index (χ0) is 14.9. The van der Waals surface area contributed by atoms with E-state index in [2.05, 4.69) is 21.2 Å². The molecule has 0 unspecified atom stereocenters. The van der Waals surface area contributed by atoms with Crippen molar-refractivity contribution in [2.45, 2.75) is 6.92 Å². The Bertz CT molecular complexity index is 646. The lowest BCUT2D eigenvalue weighted by Crippen LogP contribution is -2.11. The highest BCUT2D eigenvalue weighted by Gasteiger charge is 2.13. The number of hydrogen-bond donors (Lipinski definition) is 2. The number of anilines is 2. The summed E-state index contributed by atoms with van der Waals surface area (Å²) in [5.74, 6) is -1.49. The number of thiocarbonyl (C=S) groups is 1. The fourth-order valence-electron chi connectivity index (χ4n) is 1.79. The molecule has 0 bridgehead atoms. The van der Waals surface area contributed by atoms with Crippen molar-refractivity contribution in [1.29, 1.82) is 0 Å². The maximum atomic E-state index is 13.9. The third kappa shape index (κ3) is 3.32. The van der Waals surface area contributed by atoms with Crippen LogP contribution in [0.4, 0.5) is 20.2 Å². The second kappa shape index (κ2) is 5.85. The van der Waals surface area contributed by atoms with Crippen LogP contribution in [0.25, 0.3) is 0 Å².